The first kappa shape index (κ1) is 20.6. The largest absolute Gasteiger partial charge is 0.382 e. The molecular formula is C21H16N10O4. The van der Waals surface area contributed by atoms with Gasteiger partial charge in [0.2, 0.25) is 11.8 Å². The first-order valence-electron chi connectivity index (χ1n) is 10.6. The van der Waals surface area contributed by atoms with Gasteiger partial charge in [-0.05, 0) is 18.6 Å². The SMILES string of the molecule is Nc1ncnc2c1ncn2Cc1cn(-c2cccc3c2C(=O)N(C2CCC(=O)NC2=O)C3=O)nn1. The molecule has 14 heteroatoms. The van der Waals surface area contributed by atoms with E-state index in [0.29, 0.717) is 22.5 Å². The Bertz CT molecular complexity index is 1570. The van der Waals surface area contributed by atoms with E-state index >= 15 is 0 Å². The van der Waals surface area contributed by atoms with Crippen LogP contribution in [0.5, 0.6) is 0 Å². The Morgan fingerprint density at radius 1 is 1.09 bits per heavy atom. The molecule has 3 N–H and O–H groups in total. The molecule has 0 radical (unpaired) electrons. The molecular weight excluding hydrogens is 456 g/mol. The Kier molecular flexibility index (Phi) is 4.42. The van der Waals surface area contributed by atoms with E-state index < -0.39 is 29.7 Å². The number of nitrogens with two attached hydrogens (primary N) is 1. The Labute approximate surface area is 195 Å². The molecule has 4 aromatic rings. The van der Waals surface area contributed by atoms with Crippen molar-refractivity contribution in [2.75, 3.05) is 5.73 Å². The minimum atomic E-state index is -1.05. The van der Waals surface area contributed by atoms with Gasteiger partial charge in [0.15, 0.2) is 11.5 Å². The van der Waals surface area contributed by atoms with Crippen LogP contribution in [0, 0.1) is 0 Å². The van der Waals surface area contributed by atoms with Gasteiger partial charge in [0.1, 0.15) is 23.6 Å². The summed E-state index contributed by atoms with van der Waals surface area (Å²) in [5.41, 5.74) is 8.00. The number of rotatable bonds is 4. The maximum atomic E-state index is 13.3. The van der Waals surface area contributed by atoms with Gasteiger partial charge in [-0.3, -0.25) is 29.4 Å². The van der Waals surface area contributed by atoms with Crippen LogP contribution in [0.1, 0.15) is 39.3 Å². The Morgan fingerprint density at radius 3 is 2.77 bits per heavy atom. The summed E-state index contributed by atoms with van der Waals surface area (Å²) in [6.45, 7) is 0.275. The number of carbonyl (C=O) groups excluding carboxylic acids is 4. The van der Waals surface area contributed by atoms with E-state index in [0.717, 1.165) is 4.90 Å². The fourth-order valence-corrected chi connectivity index (χ4v) is 4.37. The van der Waals surface area contributed by atoms with Crippen molar-refractivity contribution in [2.24, 2.45) is 0 Å². The van der Waals surface area contributed by atoms with Crippen LogP contribution in [-0.2, 0) is 16.1 Å². The third-order valence-electron chi connectivity index (χ3n) is 6.00. The predicted molar refractivity (Wildman–Crippen MR) is 117 cm³/mol. The van der Waals surface area contributed by atoms with E-state index in [1.807, 2.05) is 0 Å². The lowest BCUT2D eigenvalue weighted by Gasteiger charge is -2.27. The molecule has 1 unspecified atom stereocenters. The third-order valence-corrected chi connectivity index (χ3v) is 6.00. The van der Waals surface area contributed by atoms with Crippen molar-refractivity contribution >= 4 is 40.6 Å². The summed E-state index contributed by atoms with van der Waals surface area (Å²) in [7, 11) is 0. The van der Waals surface area contributed by atoms with Crippen LogP contribution in [0.15, 0.2) is 37.1 Å². The zero-order valence-corrected chi connectivity index (χ0v) is 18.0. The Balaban J connectivity index is 1.32. The average Bonchev–Trinajstić information content (AvgIpc) is 3.54. The Morgan fingerprint density at radius 2 is 1.94 bits per heavy atom. The lowest BCUT2D eigenvalue weighted by Crippen LogP contribution is -2.54. The highest BCUT2D eigenvalue weighted by Crippen LogP contribution is 2.31. The summed E-state index contributed by atoms with van der Waals surface area (Å²) in [5, 5.41) is 10.5. The molecule has 1 atom stereocenters. The van der Waals surface area contributed by atoms with Crippen LogP contribution < -0.4 is 11.1 Å². The van der Waals surface area contributed by atoms with Crippen LogP contribution in [0.2, 0.25) is 0 Å². The van der Waals surface area contributed by atoms with Crippen LogP contribution in [0.25, 0.3) is 16.9 Å². The molecule has 2 aliphatic heterocycles. The molecule has 14 nitrogen and oxygen atoms in total. The molecule has 2 aliphatic rings. The summed E-state index contributed by atoms with van der Waals surface area (Å²) in [4.78, 5) is 63.4. The van der Waals surface area contributed by atoms with Crippen molar-refractivity contribution in [2.45, 2.75) is 25.4 Å². The van der Waals surface area contributed by atoms with Crippen LogP contribution in [0.3, 0.4) is 0 Å². The number of benzene rings is 1. The van der Waals surface area contributed by atoms with Gasteiger partial charge in [-0.2, -0.15) is 0 Å². The summed E-state index contributed by atoms with van der Waals surface area (Å²) < 4.78 is 3.13. The maximum absolute atomic E-state index is 13.3. The van der Waals surface area contributed by atoms with E-state index in [9.17, 15) is 19.2 Å². The van der Waals surface area contributed by atoms with Crippen molar-refractivity contribution in [3.63, 3.8) is 0 Å². The number of nitrogens with one attached hydrogen (secondary N) is 1. The van der Waals surface area contributed by atoms with Gasteiger partial charge in [-0.25, -0.2) is 19.6 Å². The van der Waals surface area contributed by atoms with Gasteiger partial charge in [-0.1, -0.05) is 11.3 Å². The molecule has 6 rings (SSSR count). The number of fused-ring (bicyclic) bond motifs is 2. The number of nitrogens with zero attached hydrogens (tertiary/aromatic N) is 8. The molecule has 0 spiro atoms. The van der Waals surface area contributed by atoms with E-state index in [2.05, 4.69) is 30.6 Å². The number of anilines is 1. The van der Waals surface area contributed by atoms with E-state index in [1.54, 1.807) is 29.2 Å². The van der Waals surface area contributed by atoms with Crippen LogP contribution >= 0.6 is 0 Å². The van der Waals surface area contributed by atoms with E-state index in [-0.39, 0.29) is 36.3 Å². The highest BCUT2D eigenvalue weighted by Gasteiger charge is 2.45. The average molecular weight is 472 g/mol. The molecule has 0 bridgehead atoms. The van der Waals surface area contributed by atoms with Crippen LogP contribution in [-0.4, -0.2) is 69.1 Å². The maximum Gasteiger partial charge on any atom is 0.264 e. The monoisotopic (exact) mass is 472 g/mol. The van der Waals surface area contributed by atoms with E-state index in [4.69, 9.17) is 5.73 Å². The standard InChI is InChI=1S/C21H16N10O4/c22-17-16-18(24-8-23-17)29(9-25-16)6-10-7-30(28-27-10)12-3-1-2-11-15(12)21(35)31(20(11)34)13-4-5-14(32)26-19(13)33/h1-3,7-9,13H,4-6H2,(H2,22,23,24)(H,26,32,33). The number of amides is 4. The topological polar surface area (TPSA) is 184 Å². The molecule has 1 saturated heterocycles. The summed E-state index contributed by atoms with van der Waals surface area (Å²) >= 11 is 0. The lowest BCUT2D eigenvalue weighted by atomic mass is 10.0. The first-order chi connectivity index (χ1) is 16.9. The van der Waals surface area contributed by atoms with Crippen molar-refractivity contribution in [1.82, 2.24) is 44.7 Å². The molecule has 3 aromatic heterocycles. The van der Waals surface area contributed by atoms with E-state index in [1.165, 1.54) is 17.1 Å². The zero-order chi connectivity index (χ0) is 24.3. The molecule has 5 heterocycles. The van der Waals surface area contributed by atoms with Crippen molar-refractivity contribution in [3.05, 3.63) is 53.9 Å². The fraction of sp³-hybridized carbons (Fsp3) is 0.190. The minimum Gasteiger partial charge on any atom is -0.382 e. The number of carbonyl (C=O) groups is 4. The summed E-state index contributed by atoms with van der Waals surface area (Å²) in [6, 6.07) is 3.72. The molecule has 35 heavy (non-hydrogen) atoms. The highest BCUT2D eigenvalue weighted by atomic mass is 16.2. The first-order valence-corrected chi connectivity index (χ1v) is 10.6. The van der Waals surface area contributed by atoms with Crippen molar-refractivity contribution in [3.8, 4) is 5.69 Å². The smallest absolute Gasteiger partial charge is 0.264 e. The number of piperidine rings is 1. The molecule has 0 aliphatic carbocycles. The normalized spacial score (nSPS) is 17.8. The summed E-state index contributed by atoms with van der Waals surface area (Å²) in [6.07, 6.45) is 4.65. The predicted octanol–water partition coefficient (Wildman–Crippen LogP) is -0.561. The fourth-order valence-electron chi connectivity index (χ4n) is 4.37. The van der Waals surface area contributed by atoms with Crippen molar-refractivity contribution in [1.29, 1.82) is 0 Å². The number of aromatic nitrogens is 7. The zero-order valence-electron chi connectivity index (χ0n) is 18.0. The van der Waals surface area contributed by atoms with Gasteiger partial charge in [0, 0.05) is 6.42 Å². The summed E-state index contributed by atoms with van der Waals surface area (Å²) in [5.74, 6) is -2.05. The number of imidazole rings is 1. The molecule has 0 saturated carbocycles. The van der Waals surface area contributed by atoms with Crippen molar-refractivity contribution < 1.29 is 19.2 Å². The molecule has 1 fully saturated rings. The number of imide groups is 2. The molecule has 4 amide bonds. The van der Waals surface area contributed by atoms with Gasteiger partial charge < -0.3 is 10.3 Å². The highest BCUT2D eigenvalue weighted by molar-refractivity contribution is 6.24. The second kappa shape index (κ2) is 7.51. The lowest BCUT2D eigenvalue weighted by molar-refractivity contribution is -0.136. The van der Waals surface area contributed by atoms with Crippen LogP contribution in [0.4, 0.5) is 5.82 Å². The second-order valence-corrected chi connectivity index (χ2v) is 8.10. The molecule has 174 valence electrons. The molecule has 1 aromatic carbocycles. The Hall–Kier alpha value is -5.01. The van der Waals surface area contributed by atoms with Gasteiger partial charge in [-0.15, -0.1) is 5.10 Å². The number of hydrogen-bond donors (Lipinski definition) is 2. The minimum absolute atomic E-state index is 0.0443. The third kappa shape index (κ3) is 3.14. The van der Waals surface area contributed by atoms with Gasteiger partial charge in [0.25, 0.3) is 11.8 Å². The number of hydrogen-bond acceptors (Lipinski definition) is 10. The van der Waals surface area contributed by atoms with Gasteiger partial charge >= 0.3 is 0 Å². The second-order valence-electron chi connectivity index (χ2n) is 8.10. The number of nitrogen functional groups attached to an aromatic ring is 1. The quantitative estimate of drug-likeness (QED) is 0.365. The van der Waals surface area contributed by atoms with Gasteiger partial charge in [0.05, 0.1) is 35.9 Å².